The van der Waals surface area contributed by atoms with Gasteiger partial charge in [0.05, 0.1) is 6.04 Å². The number of fused-ring (bicyclic) bond motifs is 1. The first kappa shape index (κ1) is 13.4. The Morgan fingerprint density at radius 3 is 2.95 bits per heavy atom. The van der Waals surface area contributed by atoms with Crippen LogP contribution in [0.25, 0.3) is 0 Å². The molecule has 106 valence electrons. The van der Waals surface area contributed by atoms with Gasteiger partial charge in [-0.15, -0.1) is 0 Å². The van der Waals surface area contributed by atoms with Gasteiger partial charge in [0.1, 0.15) is 5.82 Å². The van der Waals surface area contributed by atoms with Crippen molar-refractivity contribution in [2.24, 2.45) is 11.7 Å². The van der Waals surface area contributed by atoms with Crippen molar-refractivity contribution in [1.82, 2.24) is 9.55 Å². The summed E-state index contributed by atoms with van der Waals surface area (Å²) in [6, 6.07) is 8.80. The molecule has 3 rings (SSSR count). The van der Waals surface area contributed by atoms with Gasteiger partial charge >= 0.3 is 0 Å². The predicted molar refractivity (Wildman–Crippen MR) is 81.4 cm³/mol. The third-order valence-electron chi connectivity index (χ3n) is 4.40. The van der Waals surface area contributed by atoms with Crippen LogP contribution in [0.5, 0.6) is 0 Å². The highest BCUT2D eigenvalue weighted by atomic mass is 15.1. The van der Waals surface area contributed by atoms with E-state index in [1.165, 1.54) is 11.1 Å². The standard InChI is InChI=1S/C17H23N3/c1-2-10-20-11-9-19-17(20)16(18)15-8-7-13-5-3-4-6-14(13)12-15/h3-6,9,11,15-16H,2,7-8,10,12,18H2,1H3. The van der Waals surface area contributed by atoms with Crippen LogP contribution in [-0.2, 0) is 19.4 Å². The summed E-state index contributed by atoms with van der Waals surface area (Å²) in [4.78, 5) is 4.50. The summed E-state index contributed by atoms with van der Waals surface area (Å²) >= 11 is 0. The van der Waals surface area contributed by atoms with Crippen molar-refractivity contribution in [3.8, 4) is 0 Å². The van der Waals surface area contributed by atoms with Crippen LogP contribution < -0.4 is 5.73 Å². The molecular weight excluding hydrogens is 246 g/mol. The van der Waals surface area contributed by atoms with Crippen LogP contribution in [0.2, 0.25) is 0 Å². The second kappa shape index (κ2) is 5.80. The molecule has 1 aliphatic rings. The van der Waals surface area contributed by atoms with E-state index in [2.05, 4.69) is 46.9 Å². The molecule has 0 spiro atoms. The van der Waals surface area contributed by atoms with E-state index in [1.807, 2.05) is 6.20 Å². The van der Waals surface area contributed by atoms with Crippen molar-refractivity contribution in [2.75, 3.05) is 0 Å². The lowest BCUT2D eigenvalue weighted by atomic mass is 9.80. The first-order valence-corrected chi connectivity index (χ1v) is 7.63. The summed E-state index contributed by atoms with van der Waals surface area (Å²) in [5, 5.41) is 0. The molecule has 20 heavy (non-hydrogen) atoms. The predicted octanol–water partition coefficient (Wildman–Crippen LogP) is 3.10. The fourth-order valence-electron chi connectivity index (χ4n) is 3.29. The lowest BCUT2D eigenvalue weighted by Gasteiger charge is -2.29. The van der Waals surface area contributed by atoms with Gasteiger partial charge < -0.3 is 10.3 Å². The fourth-order valence-corrected chi connectivity index (χ4v) is 3.29. The van der Waals surface area contributed by atoms with Gasteiger partial charge in [-0.05, 0) is 42.7 Å². The van der Waals surface area contributed by atoms with Crippen LogP contribution in [0.15, 0.2) is 36.7 Å². The maximum atomic E-state index is 6.52. The maximum Gasteiger partial charge on any atom is 0.125 e. The number of rotatable bonds is 4. The SMILES string of the molecule is CCCn1ccnc1C(N)C1CCc2ccccc2C1. The molecule has 2 aromatic rings. The molecule has 2 N–H and O–H groups in total. The van der Waals surface area contributed by atoms with Crippen molar-refractivity contribution in [2.45, 2.75) is 45.2 Å². The molecule has 0 fully saturated rings. The number of nitrogens with zero attached hydrogens (tertiary/aromatic N) is 2. The molecule has 1 aromatic carbocycles. The van der Waals surface area contributed by atoms with Crippen LogP contribution in [-0.4, -0.2) is 9.55 Å². The van der Waals surface area contributed by atoms with Crippen LogP contribution in [0.1, 0.15) is 42.8 Å². The van der Waals surface area contributed by atoms with E-state index in [0.29, 0.717) is 5.92 Å². The Bertz CT molecular complexity index is 573. The van der Waals surface area contributed by atoms with Gasteiger partial charge in [0.25, 0.3) is 0 Å². The number of hydrogen-bond acceptors (Lipinski definition) is 2. The third-order valence-corrected chi connectivity index (χ3v) is 4.40. The fraction of sp³-hybridized carbons (Fsp3) is 0.471. The lowest BCUT2D eigenvalue weighted by Crippen LogP contribution is -2.29. The van der Waals surface area contributed by atoms with Gasteiger partial charge in [-0.25, -0.2) is 4.98 Å². The van der Waals surface area contributed by atoms with Gasteiger partial charge in [0.2, 0.25) is 0 Å². The van der Waals surface area contributed by atoms with Crippen molar-refractivity contribution >= 4 is 0 Å². The number of aryl methyl sites for hydroxylation is 2. The molecular formula is C17H23N3. The van der Waals surface area contributed by atoms with Gasteiger partial charge in [-0.1, -0.05) is 31.2 Å². The Morgan fingerprint density at radius 1 is 1.35 bits per heavy atom. The molecule has 0 saturated carbocycles. The molecule has 0 bridgehead atoms. The van der Waals surface area contributed by atoms with E-state index in [4.69, 9.17) is 5.73 Å². The molecule has 3 heteroatoms. The topological polar surface area (TPSA) is 43.8 Å². The summed E-state index contributed by atoms with van der Waals surface area (Å²) < 4.78 is 2.21. The Kier molecular flexibility index (Phi) is 3.88. The Labute approximate surface area is 120 Å². The second-order valence-electron chi connectivity index (χ2n) is 5.78. The Balaban J connectivity index is 1.78. The molecule has 1 aromatic heterocycles. The highest BCUT2D eigenvalue weighted by molar-refractivity contribution is 5.30. The van der Waals surface area contributed by atoms with Crippen molar-refractivity contribution < 1.29 is 0 Å². The summed E-state index contributed by atoms with van der Waals surface area (Å²) in [5.74, 6) is 1.55. The highest BCUT2D eigenvalue weighted by Gasteiger charge is 2.27. The molecule has 0 amide bonds. The van der Waals surface area contributed by atoms with E-state index in [0.717, 1.165) is 38.1 Å². The van der Waals surface area contributed by atoms with Gasteiger partial charge in [0, 0.05) is 18.9 Å². The summed E-state index contributed by atoms with van der Waals surface area (Å²) in [6.07, 6.45) is 8.43. The number of hydrogen-bond donors (Lipinski definition) is 1. The number of aromatic nitrogens is 2. The molecule has 2 atom stereocenters. The molecule has 0 radical (unpaired) electrons. The lowest BCUT2D eigenvalue weighted by molar-refractivity contribution is 0.360. The largest absolute Gasteiger partial charge is 0.334 e. The van der Waals surface area contributed by atoms with Crippen molar-refractivity contribution in [3.05, 3.63) is 53.6 Å². The van der Waals surface area contributed by atoms with Gasteiger partial charge in [0.15, 0.2) is 0 Å². The molecule has 0 saturated heterocycles. The van der Waals surface area contributed by atoms with Gasteiger partial charge in [-0.2, -0.15) is 0 Å². The average molecular weight is 269 g/mol. The maximum absolute atomic E-state index is 6.52. The van der Waals surface area contributed by atoms with E-state index >= 15 is 0 Å². The molecule has 2 unspecified atom stereocenters. The quantitative estimate of drug-likeness (QED) is 0.927. The minimum atomic E-state index is 0.0462. The zero-order chi connectivity index (χ0) is 13.9. The summed E-state index contributed by atoms with van der Waals surface area (Å²) in [6.45, 7) is 3.19. The number of nitrogens with two attached hydrogens (primary N) is 1. The van der Waals surface area contributed by atoms with E-state index < -0.39 is 0 Å². The first-order valence-electron chi connectivity index (χ1n) is 7.63. The van der Waals surface area contributed by atoms with Crippen LogP contribution in [0, 0.1) is 5.92 Å². The average Bonchev–Trinajstić information content (AvgIpc) is 2.94. The minimum absolute atomic E-state index is 0.0462. The normalized spacial score (nSPS) is 19.6. The van der Waals surface area contributed by atoms with Crippen molar-refractivity contribution in [1.29, 1.82) is 0 Å². The van der Waals surface area contributed by atoms with Crippen LogP contribution in [0.4, 0.5) is 0 Å². The zero-order valence-electron chi connectivity index (χ0n) is 12.1. The minimum Gasteiger partial charge on any atom is -0.334 e. The third kappa shape index (κ3) is 2.50. The smallest absolute Gasteiger partial charge is 0.125 e. The second-order valence-corrected chi connectivity index (χ2v) is 5.78. The zero-order valence-corrected chi connectivity index (χ0v) is 12.1. The van der Waals surface area contributed by atoms with Crippen molar-refractivity contribution in [3.63, 3.8) is 0 Å². The number of benzene rings is 1. The van der Waals surface area contributed by atoms with E-state index in [-0.39, 0.29) is 6.04 Å². The first-order chi connectivity index (χ1) is 9.79. The Hall–Kier alpha value is -1.61. The van der Waals surface area contributed by atoms with E-state index in [1.54, 1.807) is 0 Å². The monoisotopic (exact) mass is 269 g/mol. The number of imidazole rings is 1. The molecule has 1 aliphatic carbocycles. The summed E-state index contributed by atoms with van der Waals surface area (Å²) in [5.41, 5.74) is 9.48. The molecule has 3 nitrogen and oxygen atoms in total. The van der Waals surface area contributed by atoms with Crippen LogP contribution >= 0.6 is 0 Å². The summed E-state index contributed by atoms with van der Waals surface area (Å²) in [7, 11) is 0. The molecule has 1 heterocycles. The van der Waals surface area contributed by atoms with E-state index in [9.17, 15) is 0 Å². The van der Waals surface area contributed by atoms with Crippen LogP contribution in [0.3, 0.4) is 0 Å². The van der Waals surface area contributed by atoms with Gasteiger partial charge in [-0.3, -0.25) is 0 Å². The molecule has 0 aliphatic heterocycles. The Morgan fingerprint density at radius 2 is 2.15 bits per heavy atom. The highest BCUT2D eigenvalue weighted by Crippen LogP contribution is 2.32.